The summed E-state index contributed by atoms with van der Waals surface area (Å²) in [6.45, 7) is 9.74. The van der Waals surface area contributed by atoms with Gasteiger partial charge in [-0.1, -0.05) is 0 Å². The van der Waals surface area contributed by atoms with Crippen molar-refractivity contribution in [3.05, 3.63) is 31.0 Å². The zero-order valence-electron chi connectivity index (χ0n) is 24.7. The third-order valence-corrected chi connectivity index (χ3v) is 8.87. The smallest absolute Gasteiger partial charge is 0.410 e. The van der Waals surface area contributed by atoms with Gasteiger partial charge >= 0.3 is 6.09 Å². The van der Waals surface area contributed by atoms with Gasteiger partial charge in [-0.15, -0.1) is 0 Å². The Morgan fingerprint density at radius 2 is 1.95 bits per heavy atom. The van der Waals surface area contributed by atoms with Gasteiger partial charge in [-0.05, 0) is 50.6 Å². The molecule has 2 aliphatic rings. The number of aromatic nitrogens is 5. The Kier molecular flexibility index (Phi) is 8.59. The van der Waals surface area contributed by atoms with Crippen LogP contribution in [0.2, 0.25) is 0 Å². The molecule has 0 radical (unpaired) electrons. The van der Waals surface area contributed by atoms with Gasteiger partial charge in [-0.25, -0.2) is 14.8 Å². The molecular formula is C29H41N8O3S+. The van der Waals surface area contributed by atoms with E-state index in [0.29, 0.717) is 43.2 Å². The molecule has 0 N–H and O–H groups in total. The van der Waals surface area contributed by atoms with Crippen molar-refractivity contribution < 1.29 is 14.3 Å². The predicted molar refractivity (Wildman–Crippen MR) is 159 cm³/mol. The lowest BCUT2D eigenvalue weighted by Gasteiger charge is -2.52. The highest BCUT2D eigenvalue weighted by molar-refractivity contribution is 7.95. The molecule has 0 atom stereocenters. The number of carbonyl (C=O) groups excluding carboxylic acids is 1. The van der Waals surface area contributed by atoms with Gasteiger partial charge < -0.3 is 18.9 Å². The van der Waals surface area contributed by atoms with Crippen molar-refractivity contribution in [1.82, 2.24) is 34.1 Å². The van der Waals surface area contributed by atoms with Crippen LogP contribution in [0.15, 0.2) is 31.0 Å². The van der Waals surface area contributed by atoms with Crippen LogP contribution in [-0.4, -0.2) is 103 Å². The molecule has 41 heavy (non-hydrogen) atoms. The zero-order valence-corrected chi connectivity index (χ0v) is 25.6. The Morgan fingerprint density at radius 1 is 1.20 bits per heavy atom. The summed E-state index contributed by atoms with van der Waals surface area (Å²) in [4.78, 5) is 25.8. The molecule has 1 saturated carbocycles. The molecule has 3 aromatic heterocycles. The molecule has 2 fully saturated rings. The van der Waals surface area contributed by atoms with E-state index in [1.807, 2.05) is 54.7 Å². The van der Waals surface area contributed by atoms with Crippen molar-refractivity contribution in [1.29, 1.82) is 5.26 Å². The Labute approximate surface area is 244 Å². The summed E-state index contributed by atoms with van der Waals surface area (Å²) in [6.07, 6.45) is 13.7. The summed E-state index contributed by atoms with van der Waals surface area (Å²) in [6, 6.07) is 4.78. The molecule has 5 rings (SSSR count). The second kappa shape index (κ2) is 12.0. The van der Waals surface area contributed by atoms with Crippen LogP contribution in [-0.2, 0) is 32.6 Å². The number of carbonyl (C=O) groups is 1. The van der Waals surface area contributed by atoms with Crippen LogP contribution < -0.4 is 0 Å². The van der Waals surface area contributed by atoms with E-state index < -0.39 is 5.60 Å². The van der Waals surface area contributed by atoms with Crippen LogP contribution in [0, 0.1) is 11.3 Å². The van der Waals surface area contributed by atoms with Gasteiger partial charge in [-0.3, -0.25) is 9.58 Å². The third kappa shape index (κ3) is 6.52. The summed E-state index contributed by atoms with van der Waals surface area (Å²) >= 11 is 0. The first kappa shape index (κ1) is 29.4. The molecule has 12 heteroatoms. The van der Waals surface area contributed by atoms with Crippen LogP contribution >= 0.6 is 0 Å². The SMILES string of the molecule is C[S+](C)CCOCn1ccc2c(-c3cnn(C4(CC#N)CC(N5CCN(C(=O)OC(C)(C)C)CC5)C4)c3)ncnc21. The predicted octanol–water partition coefficient (Wildman–Crippen LogP) is 3.47. The van der Waals surface area contributed by atoms with Gasteiger partial charge in [0.05, 0.1) is 49.0 Å². The lowest BCUT2D eigenvalue weighted by Crippen LogP contribution is -2.60. The van der Waals surface area contributed by atoms with Crippen molar-refractivity contribution in [2.45, 2.75) is 63.9 Å². The van der Waals surface area contributed by atoms with Gasteiger partial charge in [0.15, 0.2) is 0 Å². The number of nitrogens with zero attached hydrogens (tertiary/aromatic N) is 8. The molecule has 0 spiro atoms. The zero-order chi connectivity index (χ0) is 29.2. The molecule has 1 amide bonds. The second-order valence-corrected chi connectivity index (χ2v) is 14.6. The highest BCUT2D eigenvalue weighted by Crippen LogP contribution is 2.45. The Balaban J connectivity index is 1.24. The van der Waals surface area contributed by atoms with Gasteiger partial charge in [0.2, 0.25) is 0 Å². The number of nitriles is 1. The molecular weight excluding hydrogens is 540 g/mol. The molecule has 1 saturated heterocycles. The normalized spacial score (nSPS) is 21.7. The molecule has 4 heterocycles. The first-order chi connectivity index (χ1) is 19.6. The largest absolute Gasteiger partial charge is 0.444 e. The van der Waals surface area contributed by atoms with Gasteiger partial charge in [-0.2, -0.15) is 10.4 Å². The van der Waals surface area contributed by atoms with E-state index in [1.54, 1.807) is 11.2 Å². The van der Waals surface area contributed by atoms with Crippen LogP contribution in [0.5, 0.6) is 0 Å². The average Bonchev–Trinajstić information content (AvgIpc) is 3.55. The molecule has 1 aliphatic heterocycles. The fraction of sp³-hybridized carbons (Fsp3) is 0.621. The van der Waals surface area contributed by atoms with Crippen molar-refractivity contribution in [2.75, 3.05) is 51.1 Å². The number of ether oxygens (including phenoxy) is 2. The van der Waals surface area contributed by atoms with E-state index in [-0.39, 0.29) is 11.6 Å². The fourth-order valence-corrected chi connectivity index (χ4v) is 6.11. The van der Waals surface area contributed by atoms with Crippen LogP contribution in [0.4, 0.5) is 4.79 Å². The summed E-state index contributed by atoms with van der Waals surface area (Å²) in [5.74, 6) is 1.05. The van der Waals surface area contributed by atoms with E-state index in [9.17, 15) is 10.1 Å². The quantitative estimate of drug-likeness (QED) is 0.279. The minimum Gasteiger partial charge on any atom is -0.444 e. The minimum atomic E-state index is -0.495. The van der Waals surface area contributed by atoms with E-state index in [0.717, 1.165) is 60.6 Å². The molecule has 0 aromatic carbocycles. The van der Waals surface area contributed by atoms with Gasteiger partial charge in [0, 0.05) is 55.6 Å². The molecule has 1 aliphatic carbocycles. The maximum absolute atomic E-state index is 12.5. The molecule has 11 nitrogen and oxygen atoms in total. The fourth-order valence-electron chi connectivity index (χ4n) is 5.66. The molecule has 0 unspecified atom stereocenters. The summed E-state index contributed by atoms with van der Waals surface area (Å²) in [7, 11) is 0.356. The summed E-state index contributed by atoms with van der Waals surface area (Å²) in [5, 5.41) is 15.4. The standard InChI is InChI=1S/C29H41N8O3S/c1-28(2,3)40-27(38)35-12-10-34(11-13-35)23-16-29(17-23,7-8-30)37-19-22(18-33-37)25-24-6-9-36(26(24)32-20-31-25)21-39-14-15-41(4)5/h6,9,18-20,23H,7,10-17,21H2,1-5H3/q+1. The highest BCUT2D eigenvalue weighted by atomic mass is 32.2. The second-order valence-electron chi connectivity index (χ2n) is 12.3. The van der Waals surface area contributed by atoms with Crippen molar-refractivity contribution in [3.8, 4) is 17.3 Å². The van der Waals surface area contributed by atoms with Crippen molar-refractivity contribution in [3.63, 3.8) is 0 Å². The van der Waals surface area contributed by atoms with E-state index >= 15 is 0 Å². The van der Waals surface area contributed by atoms with Gasteiger partial charge in [0.1, 0.15) is 30.1 Å². The van der Waals surface area contributed by atoms with Crippen LogP contribution in [0.25, 0.3) is 22.3 Å². The Hall–Kier alpha value is -3.14. The number of amides is 1. The molecule has 0 bridgehead atoms. The number of hydrogen-bond acceptors (Lipinski definition) is 8. The maximum Gasteiger partial charge on any atom is 0.410 e. The minimum absolute atomic E-state index is 0.248. The highest BCUT2D eigenvalue weighted by Gasteiger charge is 2.49. The lowest BCUT2D eigenvalue weighted by molar-refractivity contribution is -0.0268. The van der Waals surface area contributed by atoms with Crippen molar-refractivity contribution in [2.24, 2.45) is 0 Å². The first-order valence-electron chi connectivity index (χ1n) is 14.1. The topological polar surface area (TPSA) is 114 Å². The monoisotopic (exact) mass is 581 g/mol. The van der Waals surface area contributed by atoms with Crippen molar-refractivity contribution >= 4 is 28.0 Å². The molecule has 3 aromatic rings. The Morgan fingerprint density at radius 3 is 2.63 bits per heavy atom. The number of fused-ring (bicyclic) bond motifs is 1. The molecule has 220 valence electrons. The first-order valence-corrected chi connectivity index (χ1v) is 16.4. The summed E-state index contributed by atoms with van der Waals surface area (Å²) < 4.78 is 15.4. The number of piperazine rings is 1. The average molecular weight is 582 g/mol. The number of rotatable bonds is 9. The Bertz CT molecular complexity index is 1390. The van der Waals surface area contributed by atoms with Crippen LogP contribution in [0.3, 0.4) is 0 Å². The van der Waals surface area contributed by atoms with Crippen LogP contribution in [0.1, 0.15) is 40.0 Å². The summed E-state index contributed by atoms with van der Waals surface area (Å²) in [5.41, 5.74) is 1.72. The maximum atomic E-state index is 12.5. The van der Waals surface area contributed by atoms with E-state index in [1.165, 1.54) is 0 Å². The van der Waals surface area contributed by atoms with Gasteiger partial charge in [0.25, 0.3) is 0 Å². The van der Waals surface area contributed by atoms with E-state index in [4.69, 9.17) is 14.6 Å². The lowest BCUT2D eigenvalue weighted by atomic mass is 9.70. The van der Waals surface area contributed by atoms with E-state index in [2.05, 4.69) is 33.4 Å². The third-order valence-electron chi connectivity index (χ3n) is 7.89. The number of hydrogen-bond donors (Lipinski definition) is 0.